The largest absolute Gasteiger partial charge is 0.377 e. The van der Waals surface area contributed by atoms with Crippen LogP contribution in [-0.2, 0) is 20.6 Å². The van der Waals surface area contributed by atoms with Crippen molar-refractivity contribution in [3.63, 3.8) is 0 Å². The van der Waals surface area contributed by atoms with Crippen molar-refractivity contribution < 1.29 is 13.2 Å². The minimum Gasteiger partial charge on any atom is -0.377 e. The third kappa shape index (κ3) is 3.70. The van der Waals surface area contributed by atoms with Crippen LogP contribution in [-0.4, -0.2) is 39.0 Å². The smallest absolute Gasteiger partial charge is 0.243 e. The monoisotopic (exact) mass is 323 g/mol. The molecule has 108 valence electrons. The molecule has 0 N–H and O–H groups in total. The van der Waals surface area contributed by atoms with Crippen molar-refractivity contribution in [2.45, 2.75) is 36.1 Å². The molecule has 1 aliphatic heterocycles. The van der Waals surface area contributed by atoms with Crippen molar-refractivity contribution in [1.29, 1.82) is 0 Å². The Labute approximate surface area is 123 Å². The first-order valence-corrected chi connectivity index (χ1v) is 9.11. The topological polar surface area (TPSA) is 46.6 Å². The van der Waals surface area contributed by atoms with Crippen LogP contribution in [0.3, 0.4) is 0 Å². The first kappa shape index (κ1) is 15.3. The average Bonchev–Trinajstić information content (AvgIpc) is 2.89. The van der Waals surface area contributed by atoms with Gasteiger partial charge in [0.1, 0.15) is 0 Å². The second-order valence-electron chi connectivity index (χ2n) is 4.66. The molecule has 0 amide bonds. The molecule has 4 nitrogen and oxygen atoms in total. The van der Waals surface area contributed by atoms with Crippen molar-refractivity contribution in [2.75, 3.05) is 20.2 Å². The number of likely N-dealkylation sites (N-methyl/N-ethyl adjacent to an activating group) is 1. The molecule has 1 fully saturated rings. The first-order valence-electron chi connectivity index (χ1n) is 6.25. The second kappa shape index (κ2) is 6.54. The summed E-state index contributed by atoms with van der Waals surface area (Å²) in [4.78, 5) is 1.19. The van der Waals surface area contributed by atoms with Gasteiger partial charge in [-0.15, -0.1) is 22.9 Å². The van der Waals surface area contributed by atoms with E-state index in [1.54, 1.807) is 18.5 Å². The minimum absolute atomic E-state index is 0.0136. The van der Waals surface area contributed by atoms with Crippen molar-refractivity contribution in [3.05, 3.63) is 16.3 Å². The lowest BCUT2D eigenvalue weighted by Gasteiger charge is -2.26. The summed E-state index contributed by atoms with van der Waals surface area (Å²) >= 11 is 7.08. The highest BCUT2D eigenvalue weighted by Gasteiger charge is 2.26. The molecule has 0 radical (unpaired) electrons. The number of sulfonamides is 1. The molecule has 7 heteroatoms. The quantitative estimate of drug-likeness (QED) is 0.783. The predicted octanol–water partition coefficient (Wildman–Crippen LogP) is 2.68. The summed E-state index contributed by atoms with van der Waals surface area (Å²) < 4.78 is 31.7. The Hall–Kier alpha value is -0.140. The van der Waals surface area contributed by atoms with E-state index >= 15 is 0 Å². The van der Waals surface area contributed by atoms with Crippen LogP contribution < -0.4 is 0 Å². The molecule has 0 bridgehead atoms. The maximum atomic E-state index is 12.4. The first-order chi connectivity index (χ1) is 9.04. The molecule has 0 saturated carbocycles. The molecule has 0 spiro atoms. The molecule has 1 atom stereocenters. The summed E-state index contributed by atoms with van der Waals surface area (Å²) in [6.45, 7) is 1.14. The second-order valence-corrected chi connectivity index (χ2v) is 7.96. The molecular weight excluding hydrogens is 306 g/mol. The fraction of sp³-hybridized carbons (Fsp3) is 0.667. The molecule has 19 heavy (non-hydrogen) atoms. The number of ether oxygens (including phenoxy) is 1. The van der Waals surface area contributed by atoms with Crippen LogP contribution in [0.4, 0.5) is 0 Å². The minimum atomic E-state index is -3.42. The van der Waals surface area contributed by atoms with Gasteiger partial charge in [-0.05, 0) is 25.3 Å². The van der Waals surface area contributed by atoms with Gasteiger partial charge in [0.15, 0.2) is 0 Å². The van der Waals surface area contributed by atoms with E-state index in [-0.39, 0.29) is 6.10 Å². The number of hydrogen-bond acceptors (Lipinski definition) is 4. The summed E-state index contributed by atoms with van der Waals surface area (Å²) in [6, 6.07) is 1.64. The summed E-state index contributed by atoms with van der Waals surface area (Å²) in [7, 11) is -1.82. The van der Waals surface area contributed by atoms with Crippen LogP contribution >= 0.6 is 22.9 Å². The van der Waals surface area contributed by atoms with E-state index in [1.165, 1.54) is 15.6 Å². The van der Waals surface area contributed by atoms with Gasteiger partial charge in [0.25, 0.3) is 0 Å². The Kier molecular flexibility index (Phi) is 5.25. The van der Waals surface area contributed by atoms with Crippen LogP contribution in [0.2, 0.25) is 0 Å². The summed E-state index contributed by atoms with van der Waals surface area (Å²) in [5.74, 6) is 0.343. The van der Waals surface area contributed by atoms with E-state index in [0.717, 1.165) is 30.7 Å². The number of thiophene rings is 1. The Balaban J connectivity index is 2.05. The number of nitrogens with zero attached hydrogens (tertiary/aromatic N) is 1. The van der Waals surface area contributed by atoms with Gasteiger partial charge < -0.3 is 4.74 Å². The van der Waals surface area contributed by atoms with Crippen molar-refractivity contribution in [1.82, 2.24) is 4.31 Å². The van der Waals surface area contributed by atoms with E-state index in [0.29, 0.717) is 17.3 Å². The third-order valence-electron chi connectivity index (χ3n) is 3.20. The van der Waals surface area contributed by atoms with Crippen LogP contribution in [0, 0.1) is 0 Å². The maximum absolute atomic E-state index is 12.4. The fourth-order valence-electron chi connectivity index (χ4n) is 2.08. The standard InChI is InChI=1S/C12H18ClNO3S2/c1-14(8-10-4-2-3-5-17-10)19(15,16)12-6-11(7-13)18-9-12/h6,9-10H,2-5,7-8H2,1H3. The Bertz CT molecular complexity index is 509. The SMILES string of the molecule is CN(CC1CCCCO1)S(=O)(=O)c1csc(CCl)c1. The molecule has 0 aromatic carbocycles. The van der Waals surface area contributed by atoms with E-state index in [1.807, 2.05) is 0 Å². The molecule has 0 aliphatic carbocycles. The van der Waals surface area contributed by atoms with Crippen LogP contribution in [0.1, 0.15) is 24.1 Å². The van der Waals surface area contributed by atoms with Gasteiger partial charge in [0.2, 0.25) is 10.0 Å². The molecule has 2 rings (SSSR count). The molecular formula is C12H18ClNO3S2. The van der Waals surface area contributed by atoms with Crippen LogP contribution in [0.5, 0.6) is 0 Å². The van der Waals surface area contributed by atoms with Gasteiger partial charge in [0, 0.05) is 30.5 Å². The molecule has 1 saturated heterocycles. The number of alkyl halides is 1. The zero-order valence-electron chi connectivity index (χ0n) is 10.8. The highest BCUT2D eigenvalue weighted by Crippen LogP contribution is 2.24. The lowest BCUT2D eigenvalue weighted by molar-refractivity contribution is 0.00859. The number of hydrogen-bond donors (Lipinski definition) is 0. The molecule has 2 heterocycles. The van der Waals surface area contributed by atoms with E-state index in [9.17, 15) is 8.42 Å². The molecule has 1 aromatic heterocycles. The van der Waals surface area contributed by atoms with Crippen molar-refractivity contribution in [3.8, 4) is 0 Å². The van der Waals surface area contributed by atoms with E-state index < -0.39 is 10.0 Å². The third-order valence-corrected chi connectivity index (χ3v) is 6.54. The number of halogens is 1. The molecule has 1 aliphatic rings. The summed E-state index contributed by atoms with van der Waals surface area (Å²) in [5, 5.41) is 1.64. The van der Waals surface area contributed by atoms with Gasteiger partial charge in [0.05, 0.1) is 16.9 Å². The van der Waals surface area contributed by atoms with Gasteiger partial charge in [-0.3, -0.25) is 0 Å². The van der Waals surface area contributed by atoms with Gasteiger partial charge in [-0.2, -0.15) is 4.31 Å². The van der Waals surface area contributed by atoms with E-state index in [4.69, 9.17) is 16.3 Å². The Morgan fingerprint density at radius 1 is 1.53 bits per heavy atom. The van der Waals surface area contributed by atoms with Crippen molar-refractivity contribution in [2.24, 2.45) is 0 Å². The maximum Gasteiger partial charge on any atom is 0.243 e. The van der Waals surface area contributed by atoms with Crippen LogP contribution in [0.15, 0.2) is 16.3 Å². The highest BCUT2D eigenvalue weighted by molar-refractivity contribution is 7.89. The fourth-order valence-corrected chi connectivity index (χ4v) is 4.66. The van der Waals surface area contributed by atoms with Crippen molar-refractivity contribution >= 4 is 33.0 Å². The van der Waals surface area contributed by atoms with Gasteiger partial charge in [-0.25, -0.2) is 8.42 Å². The zero-order valence-corrected chi connectivity index (χ0v) is 13.2. The molecule has 1 unspecified atom stereocenters. The van der Waals surface area contributed by atoms with E-state index in [2.05, 4.69) is 0 Å². The summed E-state index contributed by atoms with van der Waals surface area (Å²) in [5.41, 5.74) is 0. The highest BCUT2D eigenvalue weighted by atomic mass is 35.5. The predicted molar refractivity (Wildman–Crippen MR) is 77.3 cm³/mol. The lowest BCUT2D eigenvalue weighted by atomic mass is 10.1. The normalized spacial score (nSPS) is 20.9. The van der Waals surface area contributed by atoms with Gasteiger partial charge >= 0.3 is 0 Å². The number of rotatable bonds is 5. The van der Waals surface area contributed by atoms with Crippen LogP contribution in [0.25, 0.3) is 0 Å². The Morgan fingerprint density at radius 3 is 2.89 bits per heavy atom. The average molecular weight is 324 g/mol. The lowest BCUT2D eigenvalue weighted by Crippen LogP contribution is -2.36. The Morgan fingerprint density at radius 2 is 2.32 bits per heavy atom. The zero-order chi connectivity index (χ0) is 13.9. The molecule has 1 aromatic rings. The summed E-state index contributed by atoms with van der Waals surface area (Å²) in [6.07, 6.45) is 3.11. The van der Waals surface area contributed by atoms with Gasteiger partial charge in [-0.1, -0.05) is 0 Å².